The van der Waals surface area contributed by atoms with E-state index >= 15 is 0 Å². The van der Waals surface area contributed by atoms with E-state index < -0.39 is 12.1 Å². The number of rotatable bonds is 56. The molecule has 2 atom stereocenters. The van der Waals surface area contributed by atoms with E-state index in [1.165, 1.54) is 244 Å². The fraction of sp³-hybridized carbons (Fsp3) is 0.902. The molecule has 0 aliphatic carbocycles. The molecule has 67 heavy (non-hydrogen) atoms. The van der Waals surface area contributed by atoms with Crippen molar-refractivity contribution in [2.24, 2.45) is 0 Å². The summed E-state index contributed by atoms with van der Waals surface area (Å²) in [6, 6.07) is -0.545. The van der Waals surface area contributed by atoms with Gasteiger partial charge in [-0.15, -0.1) is 0 Å². The lowest BCUT2D eigenvalue weighted by Gasteiger charge is -2.22. The number of amides is 1. The largest absolute Gasteiger partial charge is 0.465 e. The molecule has 0 saturated heterocycles. The molecule has 0 fully saturated rings. The molecule has 0 aromatic rings. The molecule has 0 radical (unpaired) electrons. The third-order valence-electron chi connectivity index (χ3n) is 14.0. The Kier molecular flexibility index (Phi) is 55.5. The summed E-state index contributed by atoms with van der Waals surface area (Å²) in [4.78, 5) is 24.5. The summed E-state index contributed by atoms with van der Waals surface area (Å²) in [5.74, 6) is -0.0722. The summed E-state index contributed by atoms with van der Waals surface area (Å²) < 4.78 is 5.40. The molecule has 396 valence electrons. The first kappa shape index (κ1) is 65.3. The quantitative estimate of drug-likeness (QED) is 0.0321. The number of esters is 1. The Hall–Kier alpha value is -1.66. The monoisotopic (exact) mass is 944 g/mol. The van der Waals surface area contributed by atoms with Crippen molar-refractivity contribution in [1.82, 2.24) is 5.32 Å². The predicted molar refractivity (Wildman–Crippen MR) is 292 cm³/mol. The standard InChI is InChI=1S/C61H117NO5/c1-3-5-7-9-11-13-15-16-17-18-24-27-30-34-37-41-45-49-53-59(64)58(57-63)62-60(65)54-50-46-42-38-35-31-28-25-22-20-19-21-23-26-29-32-36-40-44-48-52-56-67-61(66)55-51-47-43-39-33-14-12-10-8-6-4-2/h32,36,44,48,58-59,63-64H,3-31,33-35,37-43,45-47,49-57H2,1-2H3,(H,62,65)/b36-32-,48-44-. The SMILES string of the molecule is CCCCCCCCCCCCCCCCCCCCC(O)C(CO)NC(=O)CCCCCCCCCCCCCCCC/C=C\C/C=C\CCOC(=O)CCCCCCCCCCCCC. The van der Waals surface area contributed by atoms with Crippen LogP contribution < -0.4 is 5.32 Å². The maximum absolute atomic E-state index is 12.5. The Balaban J connectivity index is 3.45. The highest BCUT2D eigenvalue weighted by molar-refractivity contribution is 5.76. The van der Waals surface area contributed by atoms with Crippen molar-refractivity contribution < 1.29 is 24.5 Å². The molecule has 6 nitrogen and oxygen atoms in total. The van der Waals surface area contributed by atoms with Crippen molar-refractivity contribution in [3.05, 3.63) is 24.3 Å². The van der Waals surface area contributed by atoms with Gasteiger partial charge in [-0.25, -0.2) is 0 Å². The van der Waals surface area contributed by atoms with Crippen molar-refractivity contribution in [2.75, 3.05) is 13.2 Å². The molecule has 0 aliphatic rings. The van der Waals surface area contributed by atoms with Crippen molar-refractivity contribution in [1.29, 1.82) is 0 Å². The van der Waals surface area contributed by atoms with Gasteiger partial charge >= 0.3 is 5.97 Å². The fourth-order valence-electron chi connectivity index (χ4n) is 9.42. The Morgan fingerprint density at radius 3 is 1.13 bits per heavy atom. The van der Waals surface area contributed by atoms with Gasteiger partial charge in [0.15, 0.2) is 0 Å². The van der Waals surface area contributed by atoms with Crippen LogP contribution in [0.4, 0.5) is 0 Å². The zero-order valence-electron chi connectivity index (χ0n) is 45.1. The zero-order chi connectivity index (χ0) is 48.6. The Labute approximate surface area is 418 Å². The summed E-state index contributed by atoms with van der Waals surface area (Å²) in [5, 5.41) is 23.3. The van der Waals surface area contributed by atoms with Gasteiger partial charge in [-0.1, -0.05) is 295 Å². The minimum atomic E-state index is -0.668. The minimum Gasteiger partial charge on any atom is -0.465 e. The van der Waals surface area contributed by atoms with Gasteiger partial charge in [-0.05, 0) is 44.9 Å². The number of aliphatic hydroxyl groups excluding tert-OH is 2. The molecule has 0 aromatic heterocycles. The lowest BCUT2D eigenvalue weighted by atomic mass is 10.0. The van der Waals surface area contributed by atoms with E-state index in [-0.39, 0.29) is 18.5 Å². The molecule has 3 N–H and O–H groups in total. The smallest absolute Gasteiger partial charge is 0.305 e. The second kappa shape index (κ2) is 56.9. The van der Waals surface area contributed by atoms with Crippen LogP contribution >= 0.6 is 0 Å². The van der Waals surface area contributed by atoms with Crippen LogP contribution in [0.3, 0.4) is 0 Å². The summed E-state index contributed by atoms with van der Waals surface area (Å²) in [5.41, 5.74) is 0. The first-order valence-corrected chi connectivity index (χ1v) is 30.1. The van der Waals surface area contributed by atoms with E-state index in [9.17, 15) is 19.8 Å². The van der Waals surface area contributed by atoms with Crippen LogP contribution in [0, 0.1) is 0 Å². The minimum absolute atomic E-state index is 0.0351. The van der Waals surface area contributed by atoms with E-state index in [1.54, 1.807) is 0 Å². The average Bonchev–Trinajstić information content (AvgIpc) is 3.33. The molecule has 0 saturated carbocycles. The number of ether oxygens (including phenoxy) is 1. The zero-order valence-corrected chi connectivity index (χ0v) is 45.1. The number of carbonyl (C=O) groups excluding carboxylic acids is 2. The van der Waals surface area contributed by atoms with E-state index in [4.69, 9.17) is 4.74 Å². The summed E-state index contributed by atoms with van der Waals surface area (Å²) >= 11 is 0. The van der Waals surface area contributed by atoms with Crippen molar-refractivity contribution in [3.8, 4) is 0 Å². The van der Waals surface area contributed by atoms with Crippen LogP contribution in [0.15, 0.2) is 24.3 Å². The highest BCUT2D eigenvalue weighted by Gasteiger charge is 2.20. The van der Waals surface area contributed by atoms with Crippen LogP contribution in [0.1, 0.15) is 328 Å². The van der Waals surface area contributed by atoms with E-state index in [2.05, 4.69) is 43.5 Å². The van der Waals surface area contributed by atoms with E-state index in [0.29, 0.717) is 25.9 Å². The Bertz CT molecular complexity index is 1040. The Morgan fingerprint density at radius 2 is 0.746 bits per heavy atom. The van der Waals surface area contributed by atoms with Gasteiger partial charge < -0.3 is 20.3 Å². The first-order chi connectivity index (χ1) is 33.0. The maximum atomic E-state index is 12.5. The molecular weight excluding hydrogens is 827 g/mol. The third-order valence-corrected chi connectivity index (χ3v) is 14.0. The molecule has 2 unspecified atom stereocenters. The van der Waals surface area contributed by atoms with Crippen molar-refractivity contribution in [2.45, 2.75) is 341 Å². The molecule has 0 aliphatic heterocycles. The predicted octanol–water partition coefficient (Wildman–Crippen LogP) is 18.6. The van der Waals surface area contributed by atoms with Crippen LogP contribution in [0.5, 0.6) is 0 Å². The number of nitrogens with one attached hydrogen (secondary N) is 1. The lowest BCUT2D eigenvalue weighted by molar-refractivity contribution is -0.143. The molecule has 1 amide bonds. The third kappa shape index (κ3) is 53.5. The normalized spacial score (nSPS) is 12.7. The average molecular weight is 945 g/mol. The maximum Gasteiger partial charge on any atom is 0.305 e. The number of hydrogen-bond donors (Lipinski definition) is 3. The molecule has 0 heterocycles. The van der Waals surface area contributed by atoms with Gasteiger partial charge in [0.25, 0.3) is 0 Å². The van der Waals surface area contributed by atoms with Crippen LogP contribution in [-0.2, 0) is 14.3 Å². The van der Waals surface area contributed by atoms with Crippen LogP contribution in [0.25, 0.3) is 0 Å². The van der Waals surface area contributed by atoms with Gasteiger partial charge in [-0.2, -0.15) is 0 Å². The van der Waals surface area contributed by atoms with E-state index in [1.807, 2.05) is 0 Å². The molecule has 0 spiro atoms. The number of aliphatic hydroxyl groups is 2. The summed E-state index contributed by atoms with van der Waals surface area (Å²) in [6.45, 7) is 4.86. The Morgan fingerprint density at radius 1 is 0.418 bits per heavy atom. The highest BCUT2D eigenvalue weighted by Crippen LogP contribution is 2.18. The van der Waals surface area contributed by atoms with Crippen LogP contribution in [0.2, 0.25) is 0 Å². The topological polar surface area (TPSA) is 95.9 Å². The van der Waals surface area contributed by atoms with Gasteiger partial charge in [0.05, 0.1) is 25.4 Å². The number of unbranched alkanes of at least 4 members (excludes halogenated alkanes) is 41. The van der Waals surface area contributed by atoms with Gasteiger partial charge in [0.1, 0.15) is 0 Å². The number of carbonyl (C=O) groups is 2. The second-order valence-electron chi connectivity index (χ2n) is 20.7. The first-order valence-electron chi connectivity index (χ1n) is 30.1. The van der Waals surface area contributed by atoms with Crippen LogP contribution in [-0.4, -0.2) is 47.4 Å². The highest BCUT2D eigenvalue weighted by atomic mass is 16.5. The van der Waals surface area contributed by atoms with Crippen molar-refractivity contribution in [3.63, 3.8) is 0 Å². The molecule has 0 aromatic carbocycles. The van der Waals surface area contributed by atoms with E-state index in [0.717, 1.165) is 51.4 Å². The summed E-state index contributed by atoms with van der Waals surface area (Å²) in [6.07, 6.45) is 69.1. The second-order valence-corrected chi connectivity index (χ2v) is 20.7. The fourth-order valence-corrected chi connectivity index (χ4v) is 9.42. The molecular formula is C61H117NO5. The van der Waals surface area contributed by atoms with Crippen molar-refractivity contribution >= 4 is 11.9 Å². The molecule has 0 bridgehead atoms. The molecule has 6 heteroatoms. The summed E-state index contributed by atoms with van der Waals surface area (Å²) in [7, 11) is 0. The molecule has 0 rings (SSSR count). The number of hydrogen-bond acceptors (Lipinski definition) is 5. The van der Waals surface area contributed by atoms with Gasteiger partial charge in [0.2, 0.25) is 5.91 Å². The lowest BCUT2D eigenvalue weighted by Crippen LogP contribution is -2.45. The van der Waals surface area contributed by atoms with Gasteiger partial charge in [-0.3, -0.25) is 9.59 Å². The number of allylic oxidation sites excluding steroid dienone is 3. The van der Waals surface area contributed by atoms with Gasteiger partial charge in [0, 0.05) is 12.8 Å².